The fourth-order valence-corrected chi connectivity index (χ4v) is 3.07. The van der Waals surface area contributed by atoms with Crippen molar-refractivity contribution in [3.05, 3.63) is 83.6 Å². The average Bonchev–Trinajstić information content (AvgIpc) is 2.71. The van der Waals surface area contributed by atoms with E-state index in [1.807, 2.05) is 36.4 Å². The van der Waals surface area contributed by atoms with Crippen molar-refractivity contribution in [2.45, 2.75) is 39.7 Å². The van der Waals surface area contributed by atoms with E-state index in [1.54, 1.807) is 6.20 Å². The lowest BCUT2D eigenvalue weighted by Gasteiger charge is -2.23. The van der Waals surface area contributed by atoms with E-state index in [2.05, 4.69) is 62.3 Å². The molecule has 0 aliphatic heterocycles. The summed E-state index contributed by atoms with van der Waals surface area (Å²) >= 11 is 0. The van der Waals surface area contributed by atoms with Crippen LogP contribution in [0.2, 0.25) is 0 Å². The molecule has 2 aromatic carbocycles. The minimum absolute atomic E-state index is 0.0388. The fourth-order valence-electron chi connectivity index (χ4n) is 3.07. The molecule has 0 radical (unpaired) electrons. The van der Waals surface area contributed by atoms with Gasteiger partial charge in [-0.3, -0.25) is 0 Å². The Kier molecular flexibility index (Phi) is 6.76. The fraction of sp³-hybridized carbons (Fsp3) is 0.320. The predicted octanol–water partition coefficient (Wildman–Crippen LogP) is 5.76. The van der Waals surface area contributed by atoms with Crippen molar-refractivity contribution < 1.29 is 9.47 Å². The molecule has 1 heterocycles. The number of aromatic nitrogens is 1. The highest BCUT2D eigenvalue weighted by molar-refractivity contribution is 5.41. The van der Waals surface area contributed by atoms with E-state index in [0.29, 0.717) is 19.8 Å². The number of hydrogen-bond donors (Lipinski definition) is 1. The third-order valence-electron chi connectivity index (χ3n) is 4.59. The summed E-state index contributed by atoms with van der Waals surface area (Å²) in [7, 11) is 0. The Bertz CT molecular complexity index is 918. The van der Waals surface area contributed by atoms with Gasteiger partial charge in [0.2, 0.25) is 0 Å². The highest BCUT2D eigenvalue weighted by Crippen LogP contribution is 2.32. The van der Waals surface area contributed by atoms with Crippen LogP contribution >= 0.6 is 0 Å². The number of nitrogens with zero attached hydrogens (tertiary/aromatic N) is 1. The molecule has 1 N–H and O–H groups in total. The summed E-state index contributed by atoms with van der Waals surface area (Å²) in [6, 6.07) is 20.3. The van der Waals surface area contributed by atoms with E-state index in [1.165, 1.54) is 11.1 Å². The number of hydrogen-bond acceptors (Lipinski definition) is 4. The van der Waals surface area contributed by atoms with Gasteiger partial charge in [-0.2, -0.15) is 0 Å². The lowest BCUT2D eigenvalue weighted by Crippen LogP contribution is -2.16. The summed E-state index contributed by atoms with van der Waals surface area (Å²) in [6.07, 6.45) is 1.78. The van der Waals surface area contributed by atoms with Crippen molar-refractivity contribution >= 4 is 5.82 Å². The summed E-state index contributed by atoms with van der Waals surface area (Å²) in [5.74, 6) is 2.63. The second kappa shape index (κ2) is 9.46. The number of aryl methyl sites for hydroxylation is 1. The molecule has 0 fully saturated rings. The first-order valence-electron chi connectivity index (χ1n) is 10.0. The molecular weight excluding hydrogens is 360 g/mol. The van der Waals surface area contributed by atoms with E-state index in [9.17, 15) is 0 Å². The predicted molar refractivity (Wildman–Crippen MR) is 119 cm³/mol. The first kappa shape index (κ1) is 20.7. The number of rotatable bonds is 8. The summed E-state index contributed by atoms with van der Waals surface area (Å²) in [6.45, 7) is 10.4. The van der Waals surface area contributed by atoms with E-state index in [-0.39, 0.29) is 5.41 Å². The van der Waals surface area contributed by atoms with Gasteiger partial charge in [0, 0.05) is 12.7 Å². The SMILES string of the molecule is Cc1ccc(OCCOc2cccc(CNc3ccccn3)c2)c(C(C)(C)C)c1. The lowest BCUT2D eigenvalue weighted by molar-refractivity contribution is 0.214. The molecule has 0 saturated carbocycles. The first-order valence-corrected chi connectivity index (χ1v) is 10.0. The third-order valence-corrected chi connectivity index (χ3v) is 4.59. The molecule has 0 bridgehead atoms. The number of pyridine rings is 1. The van der Waals surface area contributed by atoms with Gasteiger partial charge in [-0.25, -0.2) is 4.98 Å². The Hall–Kier alpha value is -3.01. The average molecular weight is 391 g/mol. The maximum absolute atomic E-state index is 6.03. The monoisotopic (exact) mass is 390 g/mol. The van der Waals surface area contributed by atoms with Crippen molar-refractivity contribution in [1.29, 1.82) is 0 Å². The maximum atomic E-state index is 6.03. The molecule has 0 aliphatic rings. The standard InChI is InChI=1S/C25H30N2O2/c1-19-11-12-23(22(16-19)25(2,3)4)29-15-14-28-21-9-7-8-20(17-21)18-27-24-10-5-6-13-26-24/h5-13,16-17H,14-15,18H2,1-4H3,(H,26,27). The van der Waals surface area contributed by atoms with Gasteiger partial charge in [-0.05, 0) is 53.8 Å². The van der Waals surface area contributed by atoms with Crippen LogP contribution in [0.25, 0.3) is 0 Å². The van der Waals surface area contributed by atoms with Crippen LogP contribution < -0.4 is 14.8 Å². The second-order valence-electron chi connectivity index (χ2n) is 8.16. The molecule has 3 rings (SSSR count). The highest BCUT2D eigenvalue weighted by atomic mass is 16.5. The molecule has 0 amide bonds. The van der Waals surface area contributed by atoms with Gasteiger partial charge < -0.3 is 14.8 Å². The van der Waals surface area contributed by atoms with Crippen LogP contribution in [0.5, 0.6) is 11.5 Å². The minimum Gasteiger partial charge on any atom is -0.490 e. The Morgan fingerprint density at radius 3 is 2.48 bits per heavy atom. The molecule has 3 aromatic rings. The Balaban J connectivity index is 1.51. The summed E-state index contributed by atoms with van der Waals surface area (Å²) in [5, 5.41) is 3.31. The molecule has 0 aliphatic carbocycles. The van der Waals surface area contributed by atoms with E-state index in [0.717, 1.165) is 22.9 Å². The summed E-state index contributed by atoms with van der Waals surface area (Å²) in [4.78, 5) is 4.28. The van der Waals surface area contributed by atoms with Crippen LogP contribution in [0.3, 0.4) is 0 Å². The van der Waals surface area contributed by atoms with Gasteiger partial charge in [-0.1, -0.05) is 56.7 Å². The van der Waals surface area contributed by atoms with Crippen molar-refractivity contribution in [2.24, 2.45) is 0 Å². The van der Waals surface area contributed by atoms with Gasteiger partial charge in [0.25, 0.3) is 0 Å². The van der Waals surface area contributed by atoms with Gasteiger partial charge in [0.15, 0.2) is 0 Å². The number of ether oxygens (including phenoxy) is 2. The molecule has 0 unspecified atom stereocenters. The number of nitrogens with one attached hydrogen (secondary N) is 1. The van der Waals surface area contributed by atoms with Crippen molar-refractivity contribution in [1.82, 2.24) is 4.98 Å². The maximum Gasteiger partial charge on any atom is 0.126 e. The first-order chi connectivity index (χ1) is 13.9. The van der Waals surface area contributed by atoms with Gasteiger partial charge >= 0.3 is 0 Å². The zero-order valence-corrected chi connectivity index (χ0v) is 17.7. The lowest BCUT2D eigenvalue weighted by atomic mass is 9.85. The molecule has 4 heteroatoms. The van der Waals surface area contributed by atoms with Crippen LogP contribution in [0, 0.1) is 6.92 Å². The van der Waals surface area contributed by atoms with Crippen molar-refractivity contribution in [2.75, 3.05) is 18.5 Å². The highest BCUT2D eigenvalue weighted by Gasteiger charge is 2.19. The molecule has 0 saturated heterocycles. The van der Waals surface area contributed by atoms with Crippen molar-refractivity contribution in [3.63, 3.8) is 0 Å². The molecular formula is C25H30N2O2. The molecule has 1 aromatic heterocycles. The van der Waals surface area contributed by atoms with E-state index < -0.39 is 0 Å². The third kappa shape index (κ3) is 6.24. The molecule has 0 spiro atoms. The van der Waals surface area contributed by atoms with Crippen LogP contribution in [0.1, 0.15) is 37.5 Å². The Morgan fingerprint density at radius 2 is 1.72 bits per heavy atom. The van der Waals surface area contributed by atoms with E-state index in [4.69, 9.17) is 9.47 Å². The normalized spacial score (nSPS) is 11.2. The zero-order valence-electron chi connectivity index (χ0n) is 17.7. The van der Waals surface area contributed by atoms with Gasteiger partial charge in [0.1, 0.15) is 30.5 Å². The van der Waals surface area contributed by atoms with Crippen molar-refractivity contribution in [3.8, 4) is 11.5 Å². The van der Waals surface area contributed by atoms with Crippen LogP contribution in [0.4, 0.5) is 5.82 Å². The number of anilines is 1. The van der Waals surface area contributed by atoms with Gasteiger partial charge in [-0.15, -0.1) is 0 Å². The summed E-state index contributed by atoms with van der Waals surface area (Å²) in [5.41, 5.74) is 3.65. The largest absolute Gasteiger partial charge is 0.490 e. The zero-order chi connectivity index (χ0) is 20.7. The molecule has 152 valence electrons. The van der Waals surface area contributed by atoms with Crippen LogP contribution in [0.15, 0.2) is 66.9 Å². The second-order valence-corrected chi connectivity index (χ2v) is 8.16. The number of benzene rings is 2. The van der Waals surface area contributed by atoms with Crippen LogP contribution in [-0.4, -0.2) is 18.2 Å². The smallest absolute Gasteiger partial charge is 0.126 e. The minimum atomic E-state index is 0.0388. The quantitative estimate of drug-likeness (QED) is 0.497. The van der Waals surface area contributed by atoms with E-state index >= 15 is 0 Å². The molecule has 4 nitrogen and oxygen atoms in total. The Morgan fingerprint density at radius 1 is 0.897 bits per heavy atom. The van der Waals surface area contributed by atoms with Crippen LogP contribution in [-0.2, 0) is 12.0 Å². The summed E-state index contributed by atoms with van der Waals surface area (Å²) < 4.78 is 11.9. The Labute approximate surface area is 173 Å². The van der Waals surface area contributed by atoms with Gasteiger partial charge in [0.05, 0.1) is 0 Å². The topological polar surface area (TPSA) is 43.4 Å². The molecule has 0 atom stereocenters. The molecule has 29 heavy (non-hydrogen) atoms.